The molecular formula is C19H18FN3O3. The Hall–Kier alpha value is -3.40. The molecule has 0 heterocycles. The largest absolute Gasteiger partial charge is 0.489 e. The molecule has 6 nitrogen and oxygen atoms in total. The number of benzene rings is 2. The quantitative estimate of drug-likeness (QED) is 0.795. The zero-order valence-electron chi connectivity index (χ0n) is 14.2. The van der Waals surface area contributed by atoms with E-state index in [1.54, 1.807) is 42.5 Å². The van der Waals surface area contributed by atoms with Crippen molar-refractivity contribution >= 4 is 11.8 Å². The highest BCUT2D eigenvalue weighted by Crippen LogP contribution is 2.14. The van der Waals surface area contributed by atoms with Gasteiger partial charge in [-0.15, -0.1) is 0 Å². The van der Waals surface area contributed by atoms with Crippen molar-refractivity contribution in [3.05, 3.63) is 65.5 Å². The van der Waals surface area contributed by atoms with Crippen molar-refractivity contribution in [1.82, 2.24) is 10.6 Å². The second-order valence-corrected chi connectivity index (χ2v) is 5.54. The van der Waals surface area contributed by atoms with Crippen molar-refractivity contribution in [3.63, 3.8) is 0 Å². The molecule has 0 aliphatic carbocycles. The van der Waals surface area contributed by atoms with E-state index in [1.807, 2.05) is 0 Å². The van der Waals surface area contributed by atoms with Crippen molar-refractivity contribution in [2.45, 2.75) is 26.1 Å². The molecule has 1 unspecified atom stereocenters. The van der Waals surface area contributed by atoms with Gasteiger partial charge in [0, 0.05) is 13.5 Å². The Balaban J connectivity index is 1.84. The molecule has 2 rings (SSSR count). The molecule has 0 radical (unpaired) electrons. The van der Waals surface area contributed by atoms with E-state index in [2.05, 4.69) is 10.6 Å². The zero-order chi connectivity index (χ0) is 18.9. The maximum absolute atomic E-state index is 13.1. The molecule has 0 spiro atoms. The van der Waals surface area contributed by atoms with Crippen LogP contribution in [-0.2, 0) is 22.7 Å². The lowest BCUT2D eigenvalue weighted by molar-refractivity contribution is -0.126. The van der Waals surface area contributed by atoms with Gasteiger partial charge in [0.15, 0.2) is 6.04 Å². The van der Waals surface area contributed by atoms with Crippen LogP contribution in [0.3, 0.4) is 0 Å². The van der Waals surface area contributed by atoms with Gasteiger partial charge in [0.25, 0.3) is 5.91 Å². The van der Waals surface area contributed by atoms with Gasteiger partial charge in [-0.25, -0.2) is 4.39 Å². The zero-order valence-corrected chi connectivity index (χ0v) is 14.2. The van der Waals surface area contributed by atoms with Crippen molar-refractivity contribution in [2.24, 2.45) is 0 Å². The molecule has 0 aliphatic rings. The molecule has 2 N–H and O–H groups in total. The third-order valence-corrected chi connectivity index (χ3v) is 3.42. The Kier molecular flexibility index (Phi) is 6.68. The maximum Gasteiger partial charge on any atom is 0.257 e. The van der Waals surface area contributed by atoms with Crippen LogP contribution in [0, 0.1) is 17.1 Å². The molecule has 0 saturated carbocycles. The van der Waals surface area contributed by atoms with Crippen LogP contribution in [0.1, 0.15) is 18.1 Å². The lowest BCUT2D eigenvalue weighted by Crippen LogP contribution is -2.44. The minimum absolute atomic E-state index is 0.209. The lowest BCUT2D eigenvalue weighted by atomic mass is 10.2. The minimum atomic E-state index is -1.22. The van der Waals surface area contributed by atoms with Gasteiger partial charge in [-0.1, -0.05) is 24.3 Å². The van der Waals surface area contributed by atoms with E-state index in [1.165, 1.54) is 19.1 Å². The van der Waals surface area contributed by atoms with Crippen molar-refractivity contribution < 1.29 is 18.7 Å². The number of nitrogens with one attached hydrogen (secondary N) is 2. The topological polar surface area (TPSA) is 91.2 Å². The average molecular weight is 355 g/mol. The molecule has 0 fully saturated rings. The summed E-state index contributed by atoms with van der Waals surface area (Å²) in [5.74, 6) is -0.731. The van der Waals surface area contributed by atoms with Crippen LogP contribution in [0.25, 0.3) is 0 Å². The van der Waals surface area contributed by atoms with Crippen molar-refractivity contribution in [3.8, 4) is 11.8 Å². The number of hydrogen-bond acceptors (Lipinski definition) is 4. The molecule has 0 aromatic heterocycles. The average Bonchev–Trinajstić information content (AvgIpc) is 2.63. The van der Waals surface area contributed by atoms with E-state index in [9.17, 15) is 14.0 Å². The number of ether oxygens (including phenoxy) is 1. The van der Waals surface area contributed by atoms with Crippen LogP contribution < -0.4 is 15.4 Å². The van der Waals surface area contributed by atoms with Crippen LogP contribution in [0.4, 0.5) is 4.39 Å². The number of carbonyl (C=O) groups excluding carboxylic acids is 2. The summed E-state index contributed by atoms with van der Waals surface area (Å²) in [6.45, 7) is 1.69. The molecule has 134 valence electrons. The van der Waals surface area contributed by atoms with E-state index in [4.69, 9.17) is 10.00 Å². The van der Waals surface area contributed by atoms with Crippen LogP contribution in [-0.4, -0.2) is 17.9 Å². The fourth-order valence-electron chi connectivity index (χ4n) is 2.15. The summed E-state index contributed by atoms with van der Waals surface area (Å²) in [6, 6.07) is 13.7. The van der Waals surface area contributed by atoms with Gasteiger partial charge in [0.2, 0.25) is 5.91 Å². The Morgan fingerprint density at radius 1 is 1.19 bits per heavy atom. The maximum atomic E-state index is 13.1. The lowest BCUT2D eigenvalue weighted by Gasteiger charge is -2.11. The molecule has 2 aromatic carbocycles. The Morgan fingerprint density at radius 2 is 1.92 bits per heavy atom. The fraction of sp³-hybridized carbons (Fsp3) is 0.211. The molecule has 0 bridgehead atoms. The first-order valence-electron chi connectivity index (χ1n) is 7.88. The third-order valence-electron chi connectivity index (χ3n) is 3.42. The van der Waals surface area contributed by atoms with Gasteiger partial charge in [0.05, 0.1) is 6.07 Å². The predicted octanol–water partition coefficient (Wildman–Crippen LogP) is 2.05. The van der Waals surface area contributed by atoms with E-state index in [0.29, 0.717) is 5.75 Å². The van der Waals surface area contributed by atoms with Crippen LogP contribution in [0.5, 0.6) is 5.75 Å². The standard InChI is InChI=1S/C19H18FN3O3/c1-13(24)23-18(10-21)19(25)22-11-14-5-7-17(8-6-14)26-12-15-3-2-4-16(20)9-15/h2-9,18H,11-12H2,1H3,(H,22,25)(H,23,24). The monoisotopic (exact) mass is 355 g/mol. The molecule has 7 heteroatoms. The second-order valence-electron chi connectivity index (χ2n) is 5.54. The highest BCUT2D eigenvalue weighted by Gasteiger charge is 2.17. The molecule has 0 aliphatic heterocycles. The Bertz CT molecular complexity index is 816. The smallest absolute Gasteiger partial charge is 0.257 e. The summed E-state index contributed by atoms with van der Waals surface area (Å²) in [4.78, 5) is 22.8. The SMILES string of the molecule is CC(=O)NC(C#N)C(=O)NCc1ccc(OCc2cccc(F)c2)cc1. The summed E-state index contributed by atoms with van der Waals surface area (Å²) in [5, 5.41) is 13.7. The second kappa shape index (κ2) is 9.18. The molecule has 1 atom stereocenters. The number of nitriles is 1. The summed E-state index contributed by atoms with van der Waals surface area (Å²) in [7, 11) is 0. The Labute approximate surface area is 150 Å². The number of amides is 2. The predicted molar refractivity (Wildman–Crippen MR) is 92.2 cm³/mol. The van der Waals surface area contributed by atoms with Crippen molar-refractivity contribution in [2.75, 3.05) is 0 Å². The van der Waals surface area contributed by atoms with Crippen LogP contribution >= 0.6 is 0 Å². The van der Waals surface area contributed by atoms with Gasteiger partial charge < -0.3 is 15.4 Å². The van der Waals surface area contributed by atoms with Gasteiger partial charge >= 0.3 is 0 Å². The van der Waals surface area contributed by atoms with E-state index in [-0.39, 0.29) is 19.0 Å². The Morgan fingerprint density at radius 3 is 2.54 bits per heavy atom. The molecule has 2 amide bonds. The highest BCUT2D eigenvalue weighted by molar-refractivity contribution is 5.89. The third kappa shape index (κ3) is 5.91. The first kappa shape index (κ1) is 18.9. The number of nitrogens with zero attached hydrogens (tertiary/aromatic N) is 1. The van der Waals surface area contributed by atoms with E-state index < -0.39 is 17.9 Å². The minimum Gasteiger partial charge on any atom is -0.489 e. The van der Waals surface area contributed by atoms with E-state index >= 15 is 0 Å². The summed E-state index contributed by atoms with van der Waals surface area (Å²) < 4.78 is 18.7. The molecule has 2 aromatic rings. The first-order chi connectivity index (χ1) is 12.5. The van der Waals surface area contributed by atoms with Gasteiger partial charge in [-0.05, 0) is 35.4 Å². The number of hydrogen-bond donors (Lipinski definition) is 2. The summed E-state index contributed by atoms with van der Waals surface area (Å²) >= 11 is 0. The van der Waals surface area contributed by atoms with Crippen LogP contribution in [0.15, 0.2) is 48.5 Å². The molecule has 26 heavy (non-hydrogen) atoms. The van der Waals surface area contributed by atoms with Crippen LogP contribution in [0.2, 0.25) is 0 Å². The number of halogens is 1. The summed E-state index contributed by atoms with van der Waals surface area (Å²) in [5.41, 5.74) is 1.53. The first-order valence-corrected chi connectivity index (χ1v) is 7.88. The molecule has 0 saturated heterocycles. The van der Waals surface area contributed by atoms with Gasteiger partial charge in [-0.2, -0.15) is 5.26 Å². The number of carbonyl (C=O) groups is 2. The van der Waals surface area contributed by atoms with Gasteiger partial charge in [0.1, 0.15) is 18.2 Å². The molecular weight excluding hydrogens is 337 g/mol. The highest BCUT2D eigenvalue weighted by atomic mass is 19.1. The normalized spacial score (nSPS) is 11.1. The van der Waals surface area contributed by atoms with E-state index in [0.717, 1.165) is 11.1 Å². The summed E-state index contributed by atoms with van der Waals surface area (Å²) in [6.07, 6.45) is 0. The fourth-order valence-corrected chi connectivity index (χ4v) is 2.15. The van der Waals surface area contributed by atoms with Gasteiger partial charge in [-0.3, -0.25) is 9.59 Å². The van der Waals surface area contributed by atoms with Crippen molar-refractivity contribution in [1.29, 1.82) is 5.26 Å². The number of rotatable bonds is 7.